The molecule has 0 unspecified atom stereocenters. The summed E-state index contributed by atoms with van der Waals surface area (Å²) in [5.74, 6) is 0.315. The molecule has 6 heteroatoms. The number of amides is 1. The van der Waals surface area contributed by atoms with E-state index in [0.29, 0.717) is 10.8 Å². The average molecular weight is 230 g/mol. The number of nitrogens with one attached hydrogen (secondary N) is 1. The number of rotatable bonds is 1. The Labute approximate surface area is 98.2 Å². The minimum Gasteiger partial charge on any atom is -0.412 e. The zero-order valence-electron chi connectivity index (χ0n) is 8.83. The van der Waals surface area contributed by atoms with Crippen LogP contribution in [0.5, 0.6) is 0 Å². The topological polar surface area (TPSA) is 95.3 Å². The summed E-state index contributed by atoms with van der Waals surface area (Å²) in [6.07, 6.45) is 4.47. The summed E-state index contributed by atoms with van der Waals surface area (Å²) in [4.78, 5) is 14.3. The molecule has 0 aromatic heterocycles. The highest BCUT2D eigenvalue weighted by Crippen LogP contribution is 2.18. The third-order valence-corrected chi connectivity index (χ3v) is 3.63. The molecular weight excluding hydrogens is 211 g/mol. The highest BCUT2D eigenvalue weighted by atomic mass is 27.0. The fraction of sp³-hybridized carbons (Fsp3) is 0.889. The molecule has 2 radical (unpaired) electrons. The van der Waals surface area contributed by atoms with Gasteiger partial charge in [0.1, 0.15) is 0 Å². The predicted molar refractivity (Wildman–Crippen MR) is 58.7 cm³/mol. The Morgan fingerprint density at radius 1 is 1.27 bits per heavy atom. The van der Waals surface area contributed by atoms with Crippen LogP contribution < -0.4 is 5.32 Å². The zero-order valence-corrected chi connectivity index (χ0v) is 9.98. The van der Waals surface area contributed by atoms with Crippen LogP contribution in [0.4, 0.5) is 0 Å². The molecule has 0 aliphatic carbocycles. The van der Waals surface area contributed by atoms with Gasteiger partial charge < -0.3 is 21.2 Å². The molecule has 2 rings (SSSR count). The number of carbonyl (C=O) groups excluding carboxylic acids is 1. The van der Waals surface area contributed by atoms with Crippen molar-refractivity contribution in [3.8, 4) is 0 Å². The molecule has 0 saturated carbocycles. The first-order chi connectivity index (χ1) is 6.29. The molecular formula is C9H19AlN2O3. The normalized spacial score (nSPS) is 29.5. The minimum atomic E-state index is 0. The Morgan fingerprint density at radius 2 is 2.00 bits per heavy atom. The van der Waals surface area contributed by atoms with Crippen molar-refractivity contribution in [2.24, 2.45) is 0 Å². The smallest absolute Gasteiger partial charge is 0.238 e. The van der Waals surface area contributed by atoms with Crippen molar-refractivity contribution in [2.75, 3.05) is 13.1 Å². The lowest BCUT2D eigenvalue weighted by atomic mass is 10.2. The first-order valence-corrected chi connectivity index (χ1v) is 5.75. The molecule has 5 N–H and O–H groups in total. The van der Waals surface area contributed by atoms with E-state index in [0.717, 1.165) is 38.8 Å². The Morgan fingerprint density at radius 3 is 2.47 bits per heavy atom. The molecule has 1 amide bonds. The fourth-order valence-corrected chi connectivity index (χ4v) is 2.69. The second-order valence-corrected chi connectivity index (χ2v) is 4.66. The van der Waals surface area contributed by atoms with Crippen LogP contribution in [0.25, 0.3) is 0 Å². The lowest BCUT2D eigenvalue weighted by Crippen LogP contribution is -2.45. The third-order valence-electron chi connectivity index (χ3n) is 2.94. The molecule has 5 nitrogen and oxygen atoms in total. The maximum atomic E-state index is 11.9. The van der Waals surface area contributed by atoms with Gasteiger partial charge in [-0.05, 0) is 37.1 Å². The van der Waals surface area contributed by atoms with Gasteiger partial charge in [0, 0.05) is 6.54 Å². The molecule has 0 aromatic carbocycles. The number of carbonyl (C=O) groups is 1. The molecule has 2 atom stereocenters. The Bertz CT molecular complexity index is 210. The van der Waals surface area contributed by atoms with Crippen LogP contribution in [-0.4, -0.2) is 62.1 Å². The molecule has 2 aliphatic rings. The van der Waals surface area contributed by atoms with Crippen molar-refractivity contribution in [2.45, 2.75) is 36.6 Å². The summed E-state index contributed by atoms with van der Waals surface area (Å²) in [6.45, 7) is 1.96. The lowest BCUT2D eigenvalue weighted by molar-refractivity contribution is -0.132. The van der Waals surface area contributed by atoms with E-state index in [4.69, 9.17) is 0 Å². The molecule has 2 aliphatic heterocycles. The van der Waals surface area contributed by atoms with Gasteiger partial charge in [0.25, 0.3) is 0 Å². The molecule has 86 valence electrons. The van der Waals surface area contributed by atoms with Gasteiger partial charge in [-0.25, -0.2) is 0 Å². The molecule has 2 fully saturated rings. The van der Waals surface area contributed by atoms with Crippen LogP contribution in [0, 0.1) is 0 Å². The van der Waals surface area contributed by atoms with Crippen molar-refractivity contribution in [3.63, 3.8) is 0 Å². The number of hydrogen-bond donors (Lipinski definition) is 1. The summed E-state index contributed by atoms with van der Waals surface area (Å²) < 4.78 is 0. The second-order valence-electron chi connectivity index (χ2n) is 3.89. The van der Waals surface area contributed by atoms with E-state index in [-0.39, 0.29) is 17.0 Å². The van der Waals surface area contributed by atoms with Gasteiger partial charge in [-0.3, -0.25) is 4.79 Å². The van der Waals surface area contributed by atoms with Crippen LogP contribution in [-0.2, 0) is 4.79 Å². The van der Waals surface area contributed by atoms with E-state index in [1.165, 1.54) is 0 Å². The Kier molecular flexibility index (Phi) is 6.41. The summed E-state index contributed by atoms with van der Waals surface area (Å²) in [5, 5.41) is 3.25. The number of likely N-dealkylation sites (tertiary alicyclic amines) is 1. The maximum Gasteiger partial charge on any atom is 0.238 e. The van der Waals surface area contributed by atoms with Gasteiger partial charge in [-0.1, -0.05) is 0 Å². The van der Waals surface area contributed by atoms with Gasteiger partial charge in [-0.2, -0.15) is 0 Å². The van der Waals surface area contributed by atoms with Gasteiger partial charge in [-0.15, -0.1) is 0 Å². The van der Waals surface area contributed by atoms with E-state index in [9.17, 15) is 4.79 Å². The first-order valence-electron chi connectivity index (χ1n) is 5.08. The molecule has 2 heterocycles. The van der Waals surface area contributed by atoms with Gasteiger partial charge in [0.05, 0.1) is 6.04 Å². The monoisotopic (exact) mass is 230 g/mol. The van der Waals surface area contributed by atoms with Gasteiger partial charge in [0.15, 0.2) is 16.3 Å². The Hall–Kier alpha value is -0.118. The van der Waals surface area contributed by atoms with Crippen molar-refractivity contribution in [1.82, 2.24) is 10.2 Å². The van der Waals surface area contributed by atoms with Crippen LogP contribution in [0.2, 0.25) is 0 Å². The quantitative estimate of drug-likeness (QED) is 0.538. The average Bonchev–Trinajstić information content (AvgIpc) is 2.72. The second kappa shape index (κ2) is 6.46. The molecule has 0 bridgehead atoms. The van der Waals surface area contributed by atoms with Crippen molar-refractivity contribution < 1.29 is 15.7 Å². The van der Waals surface area contributed by atoms with Crippen molar-refractivity contribution >= 4 is 22.2 Å². The van der Waals surface area contributed by atoms with E-state index in [1.807, 2.05) is 4.90 Å². The molecule has 15 heavy (non-hydrogen) atoms. The third kappa shape index (κ3) is 3.17. The van der Waals surface area contributed by atoms with Crippen LogP contribution in [0.15, 0.2) is 0 Å². The minimum absolute atomic E-state index is 0. The summed E-state index contributed by atoms with van der Waals surface area (Å²) in [7, 11) is 0. The fourth-order valence-electron chi connectivity index (χ4n) is 2.16. The number of hydrogen-bond acceptors (Lipinski definition) is 2. The first kappa shape index (κ1) is 14.9. The molecule has 0 aromatic rings. The lowest BCUT2D eigenvalue weighted by Gasteiger charge is -2.25. The SMILES string of the molecule is O.O.O=C([C@@H]1CCCN1)N1CCC[C@H]1[Al]. The largest absolute Gasteiger partial charge is 0.412 e. The highest BCUT2D eigenvalue weighted by Gasteiger charge is 2.31. The number of nitrogens with zero attached hydrogens (tertiary/aromatic N) is 1. The van der Waals surface area contributed by atoms with Crippen LogP contribution in [0.1, 0.15) is 25.7 Å². The van der Waals surface area contributed by atoms with Gasteiger partial charge >= 0.3 is 0 Å². The summed E-state index contributed by atoms with van der Waals surface area (Å²) in [6, 6.07) is 0.112. The van der Waals surface area contributed by atoms with Crippen LogP contribution in [0.3, 0.4) is 0 Å². The Balaban J connectivity index is 0.000000980. The van der Waals surface area contributed by atoms with E-state index in [1.54, 1.807) is 0 Å². The molecule has 2 saturated heterocycles. The van der Waals surface area contributed by atoms with E-state index in [2.05, 4.69) is 21.6 Å². The van der Waals surface area contributed by atoms with Crippen molar-refractivity contribution in [3.05, 3.63) is 0 Å². The standard InChI is InChI=1S/C9H15N2O.Al.2H2O/c12-9(8-4-3-5-10-8)11-6-1-2-7-11;;;/h6,8,10H,1-5,7H2;;2*1H2/t8-;;;/m0.../s1. The maximum absolute atomic E-state index is 11.9. The van der Waals surface area contributed by atoms with Crippen molar-refractivity contribution in [1.29, 1.82) is 0 Å². The predicted octanol–water partition coefficient (Wildman–Crippen LogP) is -1.79. The zero-order chi connectivity index (χ0) is 9.26. The van der Waals surface area contributed by atoms with Gasteiger partial charge in [0.2, 0.25) is 5.91 Å². The van der Waals surface area contributed by atoms with E-state index < -0.39 is 0 Å². The highest BCUT2D eigenvalue weighted by molar-refractivity contribution is 6.13. The molecule has 0 spiro atoms. The van der Waals surface area contributed by atoms with E-state index >= 15 is 0 Å². The summed E-state index contributed by atoms with van der Waals surface area (Å²) in [5.41, 5.74) is 0. The van der Waals surface area contributed by atoms with Crippen LogP contribution >= 0.6 is 0 Å². The summed E-state index contributed by atoms with van der Waals surface area (Å²) >= 11 is 2.76.